The van der Waals surface area contributed by atoms with Crippen molar-refractivity contribution in [1.82, 2.24) is 15.2 Å². The fourth-order valence-electron chi connectivity index (χ4n) is 3.30. The minimum absolute atomic E-state index is 0.384. The zero-order chi connectivity index (χ0) is 22.1. The van der Waals surface area contributed by atoms with Crippen LogP contribution in [0.3, 0.4) is 0 Å². The van der Waals surface area contributed by atoms with Gasteiger partial charge in [0.15, 0.2) is 5.58 Å². The molecule has 0 unspecified atom stereocenters. The number of fused-ring (bicyclic) bond motifs is 1. The Kier molecular flexibility index (Phi) is 5.26. The van der Waals surface area contributed by atoms with Gasteiger partial charge in [0.1, 0.15) is 5.52 Å². The Balaban J connectivity index is 1.40. The first-order chi connectivity index (χ1) is 15.5. The van der Waals surface area contributed by atoms with E-state index >= 15 is 0 Å². The number of aromatic nitrogens is 3. The van der Waals surface area contributed by atoms with Crippen LogP contribution in [-0.2, 0) is 0 Å². The van der Waals surface area contributed by atoms with E-state index in [0.29, 0.717) is 49.7 Å². The first-order valence-electron chi connectivity index (χ1n) is 9.59. The van der Waals surface area contributed by atoms with E-state index in [4.69, 9.17) is 27.6 Å². The largest absolute Gasteiger partial charge is 0.436 e. The number of rotatable bonds is 4. The highest BCUT2D eigenvalue weighted by Crippen LogP contribution is 2.33. The van der Waals surface area contributed by atoms with Crippen molar-refractivity contribution in [2.24, 2.45) is 0 Å². The molecule has 0 saturated carbocycles. The maximum atomic E-state index is 12.4. The van der Waals surface area contributed by atoms with Gasteiger partial charge in [-0.2, -0.15) is 5.10 Å². The van der Waals surface area contributed by atoms with Gasteiger partial charge in [-0.15, -0.1) is 0 Å². The molecule has 9 heteroatoms. The van der Waals surface area contributed by atoms with Gasteiger partial charge in [-0.3, -0.25) is 5.10 Å². The normalized spacial score (nSPS) is 10.9. The molecule has 0 aliphatic carbocycles. The Hall–Kier alpha value is -3.81. The van der Waals surface area contributed by atoms with Crippen LogP contribution in [0, 0.1) is 0 Å². The molecule has 2 heterocycles. The van der Waals surface area contributed by atoms with Gasteiger partial charge in [-0.05, 0) is 48.5 Å². The molecule has 0 saturated heterocycles. The Morgan fingerprint density at radius 2 is 1.66 bits per heavy atom. The fraction of sp³-hybridized carbons (Fsp3) is 0. The zero-order valence-corrected chi connectivity index (χ0v) is 17.9. The molecule has 3 N–H and O–H groups in total. The molecule has 5 rings (SSSR count). The number of hydrogen-bond acceptors (Lipinski definition) is 4. The van der Waals surface area contributed by atoms with Crippen molar-refractivity contribution in [3.05, 3.63) is 83.0 Å². The SMILES string of the molecule is O=C(Nc1cccc(Cl)c1)Nc1cccc(-c2[nH]ncc2-c2nc3cc(Cl)ccc3o2)c1. The molecular formula is C23H15Cl2N5O2. The van der Waals surface area contributed by atoms with Crippen molar-refractivity contribution in [1.29, 1.82) is 0 Å². The quantitative estimate of drug-likeness (QED) is 0.272. The number of oxazole rings is 1. The summed E-state index contributed by atoms with van der Waals surface area (Å²) in [5.74, 6) is 0.420. The first kappa shape index (κ1) is 20.1. The van der Waals surface area contributed by atoms with Crippen LogP contribution in [0.25, 0.3) is 33.8 Å². The lowest BCUT2D eigenvalue weighted by molar-refractivity contribution is 0.262. The molecule has 2 amide bonds. The summed E-state index contributed by atoms with van der Waals surface area (Å²) in [6.07, 6.45) is 1.65. The molecule has 0 fully saturated rings. The van der Waals surface area contributed by atoms with Crippen molar-refractivity contribution >= 4 is 51.7 Å². The number of hydrogen-bond donors (Lipinski definition) is 3. The lowest BCUT2D eigenvalue weighted by Gasteiger charge is -2.09. The summed E-state index contributed by atoms with van der Waals surface area (Å²) in [5, 5.41) is 13.8. The molecule has 32 heavy (non-hydrogen) atoms. The van der Waals surface area contributed by atoms with E-state index in [9.17, 15) is 4.79 Å². The predicted octanol–water partition coefficient (Wildman–Crippen LogP) is 6.84. The van der Waals surface area contributed by atoms with Gasteiger partial charge in [0.05, 0.1) is 17.5 Å². The van der Waals surface area contributed by atoms with E-state index in [-0.39, 0.29) is 6.03 Å². The molecule has 5 aromatic rings. The van der Waals surface area contributed by atoms with E-state index in [2.05, 4.69) is 25.8 Å². The maximum absolute atomic E-state index is 12.4. The van der Waals surface area contributed by atoms with Crippen LogP contribution in [0.2, 0.25) is 10.0 Å². The molecule has 2 aromatic heterocycles. The van der Waals surface area contributed by atoms with Crippen molar-refractivity contribution in [3.63, 3.8) is 0 Å². The summed E-state index contributed by atoms with van der Waals surface area (Å²) in [4.78, 5) is 16.9. The number of benzene rings is 3. The van der Waals surface area contributed by atoms with Crippen LogP contribution in [0.15, 0.2) is 77.3 Å². The number of aromatic amines is 1. The molecule has 0 spiro atoms. The summed E-state index contributed by atoms with van der Waals surface area (Å²) in [6.45, 7) is 0. The number of anilines is 2. The Bertz CT molecular complexity index is 1440. The monoisotopic (exact) mass is 463 g/mol. The number of nitrogens with one attached hydrogen (secondary N) is 3. The molecule has 0 aliphatic rings. The average Bonchev–Trinajstić information content (AvgIpc) is 3.40. The number of halogens is 2. The fourth-order valence-corrected chi connectivity index (χ4v) is 3.65. The lowest BCUT2D eigenvalue weighted by atomic mass is 10.1. The van der Waals surface area contributed by atoms with Crippen LogP contribution in [0.1, 0.15) is 0 Å². The van der Waals surface area contributed by atoms with Gasteiger partial charge < -0.3 is 15.1 Å². The highest BCUT2D eigenvalue weighted by atomic mass is 35.5. The van der Waals surface area contributed by atoms with Crippen molar-refractivity contribution in [2.45, 2.75) is 0 Å². The molecule has 158 valence electrons. The second-order valence-corrected chi connectivity index (χ2v) is 7.83. The molecule has 7 nitrogen and oxygen atoms in total. The molecular weight excluding hydrogens is 449 g/mol. The van der Waals surface area contributed by atoms with E-state index in [1.807, 2.05) is 18.2 Å². The maximum Gasteiger partial charge on any atom is 0.323 e. The molecule has 0 aliphatic heterocycles. The van der Waals surface area contributed by atoms with Crippen molar-refractivity contribution in [2.75, 3.05) is 10.6 Å². The third-order valence-electron chi connectivity index (χ3n) is 4.71. The predicted molar refractivity (Wildman–Crippen MR) is 126 cm³/mol. The number of carbonyl (C=O) groups excluding carboxylic acids is 1. The second-order valence-electron chi connectivity index (χ2n) is 6.96. The standard InChI is InChI=1S/C23H15Cl2N5O2/c24-14-4-2-6-17(10-14)28-23(31)27-16-5-1-3-13(9-16)21-18(12-26-30-21)22-29-19-11-15(25)7-8-20(19)32-22/h1-12H,(H,26,30)(H2,27,28,31). The van der Waals surface area contributed by atoms with Gasteiger partial charge in [0.2, 0.25) is 5.89 Å². The number of urea groups is 1. The third kappa shape index (κ3) is 4.16. The molecule has 0 atom stereocenters. The second kappa shape index (κ2) is 8.37. The van der Waals surface area contributed by atoms with Crippen LogP contribution >= 0.6 is 23.2 Å². The van der Waals surface area contributed by atoms with Crippen LogP contribution in [0.5, 0.6) is 0 Å². The van der Waals surface area contributed by atoms with Crippen molar-refractivity contribution < 1.29 is 9.21 Å². The number of H-pyrrole nitrogens is 1. The number of amides is 2. The third-order valence-corrected chi connectivity index (χ3v) is 5.18. The van der Waals surface area contributed by atoms with Gasteiger partial charge in [-0.1, -0.05) is 41.4 Å². The smallest absolute Gasteiger partial charge is 0.323 e. The first-order valence-corrected chi connectivity index (χ1v) is 10.3. The summed E-state index contributed by atoms with van der Waals surface area (Å²) in [5.41, 5.74) is 4.69. The van der Waals surface area contributed by atoms with E-state index in [0.717, 1.165) is 5.56 Å². The van der Waals surface area contributed by atoms with Gasteiger partial charge in [0.25, 0.3) is 0 Å². The molecule has 0 bridgehead atoms. The highest BCUT2D eigenvalue weighted by molar-refractivity contribution is 6.31. The Morgan fingerprint density at radius 3 is 2.47 bits per heavy atom. The van der Waals surface area contributed by atoms with E-state index in [1.165, 1.54) is 0 Å². The van der Waals surface area contributed by atoms with E-state index < -0.39 is 0 Å². The van der Waals surface area contributed by atoms with Crippen molar-refractivity contribution in [3.8, 4) is 22.7 Å². The summed E-state index contributed by atoms with van der Waals surface area (Å²) in [6, 6.07) is 19.2. The minimum Gasteiger partial charge on any atom is -0.436 e. The summed E-state index contributed by atoms with van der Waals surface area (Å²) >= 11 is 12.0. The van der Waals surface area contributed by atoms with Gasteiger partial charge >= 0.3 is 6.03 Å². The Labute approximate surface area is 192 Å². The van der Waals surface area contributed by atoms with E-state index in [1.54, 1.807) is 54.7 Å². The zero-order valence-electron chi connectivity index (χ0n) is 16.4. The summed E-state index contributed by atoms with van der Waals surface area (Å²) < 4.78 is 5.88. The van der Waals surface area contributed by atoms with Gasteiger partial charge in [-0.25, -0.2) is 9.78 Å². The number of carbonyl (C=O) groups is 1. The average molecular weight is 464 g/mol. The Morgan fingerprint density at radius 1 is 0.906 bits per heavy atom. The van der Waals surface area contributed by atoms with Crippen LogP contribution in [-0.4, -0.2) is 21.2 Å². The van der Waals surface area contributed by atoms with Crippen LogP contribution < -0.4 is 10.6 Å². The topological polar surface area (TPSA) is 95.8 Å². The van der Waals surface area contributed by atoms with Crippen LogP contribution in [0.4, 0.5) is 16.2 Å². The molecule has 0 radical (unpaired) electrons. The molecule has 3 aromatic carbocycles. The lowest BCUT2D eigenvalue weighted by Crippen LogP contribution is -2.19. The van der Waals surface area contributed by atoms with Gasteiger partial charge in [0, 0.05) is 27.0 Å². The highest BCUT2D eigenvalue weighted by Gasteiger charge is 2.16. The summed E-state index contributed by atoms with van der Waals surface area (Å²) in [7, 11) is 0. The minimum atomic E-state index is -0.384. The number of nitrogens with zero attached hydrogens (tertiary/aromatic N) is 2.